The first-order chi connectivity index (χ1) is 12.7. The highest BCUT2D eigenvalue weighted by molar-refractivity contribution is 6.06. The summed E-state index contributed by atoms with van der Waals surface area (Å²) in [5.41, 5.74) is 3.40. The van der Waals surface area contributed by atoms with E-state index in [1.807, 2.05) is 73.7 Å². The van der Waals surface area contributed by atoms with Crippen LogP contribution in [0.5, 0.6) is 0 Å². The minimum Gasteiger partial charge on any atom is -0.451 e. The predicted octanol–water partition coefficient (Wildman–Crippen LogP) is 4.98. The number of rotatable bonds is 4. The normalized spacial score (nSPS) is 10.8. The maximum absolute atomic E-state index is 13.3. The van der Waals surface area contributed by atoms with E-state index in [9.17, 15) is 4.79 Å². The van der Waals surface area contributed by atoms with Crippen LogP contribution in [0.4, 0.5) is 5.69 Å². The fraction of sp³-hybridized carbons (Fsp3) is 0.0909. The second-order valence-corrected chi connectivity index (χ2v) is 6.15. The summed E-state index contributed by atoms with van der Waals surface area (Å²) < 4.78 is 5.80. The summed E-state index contributed by atoms with van der Waals surface area (Å²) in [6.45, 7) is 2.37. The van der Waals surface area contributed by atoms with Crippen molar-refractivity contribution in [2.45, 2.75) is 13.5 Å². The third-order valence-electron chi connectivity index (χ3n) is 4.33. The maximum atomic E-state index is 13.3. The molecule has 0 spiro atoms. The molecule has 2 heterocycles. The average molecular weight is 342 g/mol. The van der Waals surface area contributed by atoms with E-state index in [2.05, 4.69) is 4.98 Å². The first-order valence-corrected chi connectivity index (χ1v) is 8.48. The zero-order valence-electron chi connectivity index (χ0n) is 14.4. The molecule has 0 aliphatic heterocycles. The highest BCUT2D eigenvalue weighted by Gasteiger charge is 2.23. The van der Waals surface area contributed by atoms with Crippen molar-refractivity contribution in [3.63, 3.8) is 0 Å². The Kier molecular flexibility index (Phi) is 4.23. The van der Waals surface area contributed by atoms with Crippen LogP contribution in [0.1, 0.15) is 21.8 Å². The molecular weight excluding hydrogens is 324 g/mol. The summed E-state index contributed by atoms with van der Waals surface area (Å²) >= 11 is 0. The van der Waals surface area contributed by atoms with Gasteiger partial charge in [-0.05, 0) is 42.8 Å². The Balaban J connectivity index is 1.76. The van der Waals surface area contributed by atoms with Crippen molar-refractivity contribution in [1.82, 2.24) is 4.98 Å². The lowest BCUT2D eigenvalue weighted by Gasteiger charge is -2.23. The van der Waals surface area contributed by atoms with Crippen LogP contribution in [0.2, 0.25) is 0 Å². The highest BCUT2D eigenvalue weighted by atomic mass is 16.3. The van der Waals surface area contributed by atoms with Crippen molar-refractivity contribution < 1.29 is 9.21 Å². The van der Waals surface area contributed by atoms with Gasteiger partial charge in [-0.15, -0.1) is 0 Å². The number of aryl methyl sites for hydroxylation is 1. The molecule has 26 heavy (non-hydrogen) atoms. The smallest absolute Gasteiger partial charge is 0.294 e. The molecule has 4 aromatic rings. The van der Waals surface area contributed by atoms with Gasteiger partial charge >= 0.3 is 0 Å². The molecule has 4 heteroatoms. The van der Waals surface area contributed by atoms with E-state index in [4.69, 9.17) is 4.42 Å². The number of hydrogen-bond acceptors (Lipinski definition) is 3. The van der Waals surface area contributed by atoms with Crippen molar-refractivity contribution >= 4 is 22.6 Å². The number of benzene rings is 2. The van der Waals surface area contributed by atoms with Gasteiger partial charge in [0.25, 0.3) is 5.91 Å². The SMILES string of the molecule is Cc1ccccc1N(Cc1ccccn1)C(=O)c1cc2ccccc2o1. The molecule has 0 aliphatic carbocycles. The highest BCUT2D eigenvalue weighted by Crippen LogP contribution is 2.26. The molecule has 0 aliphatic rings. The molecule has 0 unspecified atom stereocenters. The zero-order chi connectivity index (χ0) is 17.9. The van der Waals surface area contributed by atoms with Crippen LogP contribution in [0.3, 0.4) is 0 Å². The lowest BCUT2D eigenvalue weighted by molar-refractivity contribution is 0.0960. The summed E-state index contributed by atoms with van der Waals surface area (Å²) in [4.78, 5) is 19.4. The topological polar surface area (TPSA) is 46.3 Å². The number of fused-ring (bicyclic) bond motifs is 1. The molecule has 0 bridgehead atoms. The molecule has 0 atom stereocenters. The van der Waals surface area contributed by atoms with Gasteiger partial charge in [0, 0.05) is 17.3 Å². The Bertz CT molecular complexity index is 1020. The van der Waals surface area contributed by atoms with Crippen molar-refractivity contribution in [1.29, 1.82) is 0 Å². The van der Waals surface area contributed by atoms with E-state index in [0.29, 0.717) is 17.9 Å². The molecule has 0 radical (unpaired) electrons. The monoisotopic (exact) mass is 342 g/mol. The lowest BCUT2D eigenvalue weighted by Crippen LogP contribution is -2.31. The van der Waals surface area contributed by atoms with Gasteiger partial charge in [0.1, 0.15) is 5.58 Å². The quantitative estimate of drug-likeness (QED) is 0.525. The third-order valence-corrected chi connectivity index (χ3v) is 4.33. The van der Waals surface area contributed by atoms with Crippen LogP contribution in [0, 0.1) is 6.92 Å². The van der Waals surface area contributed by atoms with E-state index in [-0.39, 0.29) is 5.91 Å². The number of anilines is 1. The summed E-state index contributed by atoms with van der Waals surface area (Å²) in [5, 5.41) is 0.915. The first kappa shape index (κ1) is 16.1. The first-order valence-electron chi connectivity index (χ1n) is 8.48. The van der Waals surface area contributed by atoms with Crippen LogP contribution in [-0.4, -0.2) is 10.9 Å². The number of para-hydroxylation sites is 2. The number of pyridine rings is 1. The lowest BCUT2D eigenvalue weighted by atomic mass is 10.1. The van der Waals surface area contributed by atoms with Crippen LogP contribution in [-0.2, 0) is 6.54 Å². The van der Waals surface area contributed by atoms with E-state index in [0.717, 1.165) is 22.3 Å². The number of carbonyl (C=O) groups is 1. The van der Waals surface area contributed by atoms with Crippen molar-refractivity contribution in [3.05, 3.63) is 96.0 Å². The second-order valence-electron chi connectivity index (χ2n) is 6.15. The Morgan fingerprint density at radius 3 is 2.54 bits per heavy atom. The molecule has 4 rings (SSSR count). The van der Waals surface area contributed by atoms with Crippen LogP contribution in [0.25, 0.3) is 11.0 Å². The van der Waals surface area contributed by atoms with Gasteiger partial charge in [-0.1, -0.05) is 42.5 Å². The zero-order valence-corrected chi connectivity index (χ0v) is 14.4. The van der Waals surface area contributed by atoms with Gasteiger partial charge in [0.2, 0.25) is 0 Å². The summed E-state index contributed by atoms with van der Waals surface area (Å²) in [5.74, 6) is 0.145. The fourth-order valence-corrected chi connectivity index (χ4v) is 3.01. The molecule has 0 saturated heterocycles. The van der Waals surface area contributed by atoms with Crippen LogP contribution in [0.15, 0.2) is 83.4 Å². The standard InChI is InChI=1S/C22H18N2O2/c1-16-8-2-4-11-19(16)24(15-18-10-6-7-13-23-18)22(25)21-14-17-9-3-5-12-20(17)26-21/h2-14H,15H2,1H3. The van der Waals surface area contributed by atoms with E-state index < -0.39 is 0 Å². The van der Waals surface area contributed by atoms with Gasteiger partial charge in [-0.25, -0.2) is 0 Å². The molecular formula is C22H18N2O2. The Morgan fingerprint density at radius 1 is 1.00 bits per heavy atom. The number of aromatic nitrogens is 1. The van der Waals surface area contributed by atoms with Crippen molar-refractivity contribution in [3.8, 4) is 0 Å². The van der Waals surface area contributed by atoms with Crippen LogP contribution >= 0.6 is 0 Å². The van der Waals surface area contributed by atoms with Gasteiger partial charge in [0.15, 0.2) is 5.76 Å². The molecule has 2 aromatic carbocycles. The fourth-order valence-electron chi connectivity index (χ4n) is 3.01. The van der Waals surface area contributed by atoms with Gasteiger partial charge in [-0.3, -0.25) is 14.7 Å². The van der Waals surface area contributed by atoms with Crippen LogP contribution < -0.4 is 4.90 Å². The summed E-state index contributed by atoms with van der Waals surface area (Å²) in [6, 6.07) is 22.9. The number of carbonyl (C=O) groups excluding carboxylic acids is 1. The minimum atomic E-state index is -0.179. The van der Waals surface area contributed by atoms with Gasteiger partial charge < -0.3 is 4.42 Å². The average Bonchev–Trinajstić information content (AvgIpc) is 3.11. The van der Waals surface area contributed by atoms with E-state index >= 15 is 0 Å². The molecule has 0 N–H and O–H groups in total. The van der Waals surface area contributed by atoms with Gasteiger partial charge in [0.05, 0.1) is 12.2 Å². The molecule has 2 aromatic heterocycles. The molecule has 4 nitrogen and oxygen atoms in total. The van der Waals surface area contributed by atoms with Gasteiger partial charge in [-0.2, -0.15) is 0 Å². The predicted molar refractivity (Wildman–Crippen MR) is 102 cm³/mol. The van der Waals surface area contributed by atoms with Crippen molar-refractivity contribution in [2.24, 2.45) is 0 Å². The molecule has 0 saturated carbocycles. The Labute approximate surface area is 151 Å². The molecule has 0 fully saturated rings. The van der Waals surface area contributed by atoms with E-state index in [1.54, 1.807) is 17.2 Å². The summed E-state index contributed by atoms with van der Waals surface area (Å²) in [6.07, 6.45) is 1.73. The molecule has 1 amide bonds. The van der Waals surface area contributed by atoms with E-state index in [1.165, 1.54) is 0 Å². The van der Waals surface area contributed by atoms with Crippen molar-refractivity contribution in [2.75, 3.05) is 4.90 Å². The molecule has 128 valence electrons. The minimum absolute atomic E-state index is 0.179. The third kappa shape index (κ3) is 3.09. The number of amides is 1. The number of nitrogens with zero attached hydrogens (tertiary/aromatic N) is 2. The summed E-state index contributed by atoms with van der Waals surface area (Å²) in [7, 11) is 0. The largest absolute Gasteiger partial charge is 0.451 e. The Morgan fingerprint density at radius 2 is 1.77 bits per heavy atom. The number of furan rings is 1. The number of hydrogen-bond donors (Lipinski definition) is 0. The second kappa shape index (κ2) is 6.84. The maximum Gasteiger partial charge on any atom is 0.294 e. The Hall–Kier alpha value is -3.40.